The maximum Gasteiger partial charge on any atom is 0.352 e. The second kappa shape index (κ2) is 11.3. The molecule has 0 aromatic carbocycles. The van der Waals surface area contributed by atoms with E-state index < -0.39 is 19.4 Å². The molecule has 1 aliphatic heterocycles. The number of carbonyl (C=O) groups is 1. The number of H-pyrrole nitrogens is 1. The van der Waals surface area contributed by atoms with Crippen molar-refractivity contribution in [1.82, 2.24) is 24.5 Å². The number of ether oxygens (including phenoxy) is 2. The SMILES string of the molecule is COc1ccnc(COP(=O)(O)/C=C2\CCC[C@H](n3cnc4c(=O)[nH]c(NC(=O)C(C)C)nc43)OC2)c1. The van der Waals surface area contributed by atoms with Crippen molar-refractivity contribution in [1.29, 1.82) is 0 Å². The average molecular weight is 532 g/mol. The van der Waals surface area contributed by atoms with Gasteiger partial charge in [-0.25, -0.2) is 4.98 Å². The fourth-order valence-corrected chi connectivity index (χ4v) is 4.79. The number of methoxy groups -OCH3 is 1. The fraction of sp³-hybridized carbons (Fsp3) is 0.435. The highest BCUT2D eigenvalue weighted by Gasteiger charge is 2.24. The van der Waals surface area contributed by atoms with E-state index in [4.69, 9.17) is 14.0 Å². The predicted octanol–water partition coefficient (Wildman–Crippen LogP) is 3.10. The van der Waals surface area contributed by atoms with Gasteiger partial charge in [0, 0.05) is 24.0 Å². The lowest BCUT2D eigenvalue weighted by Gasteiger charge is -2.17. The molecule has 3 aromatic rings. The van der Waals surface area contributed by atoms with Gasteiger partial charge in [0.25, 0.3) is 5.56 Å². The number of imidazole rings is 1. The summed E-state index contributed by atoms with van der Waals surface area (Å²) in [5, 5.41) is 2.59. The Hall–Kier alpha value is -3.38. The molecule has 1 fully saturated rings. The topological polar surface area (TPSA) is 171 Å². The summed E-state index contributed by atoms with van der Waals surface area (Å²) >= 11 is 0. The van der Waals surface area contributed by atoms with Crippen LogP contribution in [0.4, 0.5) is 5.95 Å². The van der Waals surface area contributed by atoms with E-state index >= 15 is 0 Å². The van der Waals surface area contributed by atoms with Crippen LogP contribution in [0.1, 0.15) is 45.0 Å². The van der Waals surface area contributed by atoms with Crippen LogP contribution in [0, 0.1) is 5.92 Å². The number of fused-ring (bicyclic) bond motifs is 1. The second-order valence-corrected chi connectivity index (χ2v) is 10.5. The smallest absolute Gasteiger partial charge is 0.352 e. The first-order valence-corrected chi connectivity index (χ1v) is 13.4. The molecule has 1 amide bonds. The van der Waals surface area contributed by atoms with E-state index in [9.17, 15) is 19.0 Å². The number of pyridine rings is 1. The summed E-state index contributed by atoms with van der Waals surface area (Å²) < 4.78 is 30.7. The zero-order valence-corrected chi connectivity index (χ0v) is 21.6. The Kier molecular flexibility index (Phi) is 8.18. The largest absolute Gasteiger partial charge is 0.497 e. The molecule has 4 heterocycles. The van der Waals surface area contributed by atoms with Crippen LogP contribution in [0.3, 0.4) is 0 Å². The molecule has 198 valence electrons. The molecule has 14 heteroatoms. The van der Waals surface area contributed by atoms with Crippen molar-refractivity contribution in [2.24, 2.45) is 5.92 Å². The maximum absolute atomic E-state index is 12.7. The van der Waals surface area contributed by atoms with Gasteiger partial charge in [0.2, 0.25) is 11.9 Å². The van der Waals surface area contributed by atoms with E-state index in [0.29, 0.717) is 36.3 Å². The molecule has 3 N–H and O–H groups in total. The minimum atomic E-state index is -4.06. The minimum absolute atomic E-state index is 0.0241. The molecule has 0 bridgehead atoms. The average Bonchev–Trinajstić information content (AvgIpc) is 3.16. The Balaban J connectivity index is 1.46. The van der Waals surface area contributed by atoms with Gasteiger partial charge >= 0.3 is 7.60 Å². The number of hydrogen-bond acceptors (Lipinski definition) is 9. The van der Waals surface area contributed by atoms with Crippen molar-refractivity contribution >= 4 is 30.6 Å². The van der Waals surface area contributed by atoms with E-state index in [-0.39, 0.29) is 42.2 Å². The Morgan fingerprint density at radius 3 is 3.00 bits per heavy atom. The predicted molar refractivity (Wildman–Crippen MR) is 134 cm³/mol. The lowest BCUT2D eigenvalue weighted by molar-refractivity contribution is -0.118. The summed E-state index contributed by atoms with van der Waals surface area (Å²) in [4.78, 5) is 50.0. The van der Waals surface area contributed by atoms with Crippen LogP contribution in [-0.2, 0) is 25.2 Å². The number of anilines is 1. The summed E-state index contributed by atoms with van der Waals surface area (Å²) in [6, 6.07) is 3.29. The van der Waals surface area contributed by atoms with Crippen molar-refractivity contribution in [2.45, 2.75) is 45.9 Å². The highest BCUT2D eigenvalue weighted by Crippen LogP contribution is 2.46. The van der Waals surface area contributed by atoms with E-state index in [1.165, 1.54) is 25.5 Å². The third-order valence-corrected chi connectivity index (χ3v) is 6.88. The zero-order chi connectivity index (χ0) is 26.6. The van der Waals surface area contributed by atoms with Crippen LogP contribution >= 0.6 is 7.60 Å². The van der Waals surface area contributed by atoms with E-state index in [0.717, 1.165) is 0 Å². The summed E-state index contributed by atoms with van der Waals surface area (Å²) in [5.41, 5.74) is 0.975. The molecule has 0 radical (unpaired) electrons. The van der Waals surface area contributed by atoms with E-state index in [1.807, 2.05) is 0 Å². The normalized spacial score (nSPS) is 19.1. The number of nitrogens with zero attached hydrogens (tertiary/aromatic N) is 4. The quantitative estimate of drug-likeness (QED) is 0.366. The summed E-state index contributed by atoms with van der Waals surface area (Å²) in [5.74, 6) is 1.23. The first-order valence-electron chi connectivity index (χ1n) is 11.7. The first-order chi connectivity index (χ1) is 17.6. The Morgan fingerprint density at radius 2 is 2.24 bits per heavy atom. The molecule has 0 aliphatic carbocycles. The number of nitrogens with one attached hydrogen (secondary N) is 2. The van der Waals surface area contributed by atoms with Gasteiger partial charge in [-0.15, -0.1) is 0 Å². The summed E-state index contributed by atoms with van der Waals surface area (Å²) in [7, 11) is -2.54. The van der Waals surface area contributed by atoms with Gasteiger partial charge in [-0.3, -0.25) is 38.5 Å². The third kappa shape index (κ3) is 6.69. The number of carbonyl (C=O) groups excluding carboxylic acids is 1. The van der Waals surface area contributed by atoms with Crippen molar-refractivity contribution in [3.63, 3.8) is 0 Å². The molecule has 1 unspecified atom stereocenters. The number of hydrogen-bond donors (Lipinski definition) is 3. The minimum Gasteiger partial charge on any atom is -0.497 e. The van der Waals surface area contributed by atoms with Crippen LogP contribution in [0.5, 0.6) is 5.75 Å². The highest BCUT2D eigenvalue weighted by atomic mass is 31.2. The monoisotopic (exact) mass is 532 g/mol. The molecule has 0 spiro atoms. The Morgan fingerprint density at radius 1 is 1.43 bits per heavy atom. The third-order valence-electron chi connectivity index (χ3n) is 5.69. The van der Waals surface area contributed by atoms with Crippen molar-refractivity contribution in [2.75, 3.05) is 19.0 Å². The Bertz CT molecular complexity index is 1420. The van der Waals surface area contributed by atoms with Crippen molar-refractivity contribution in [3.8, 4) is 5.75 Å². The number of aromatic amines is 1. The first kappa shape index (κ1) is 26.7. The molecule has 1 saturated heterocycles. The molecule has 3 aromatic heterocycles. The van der Waals surface area contributed by atoms with Gasteiger partial charge in [-0.1, -0.05) is 13.8 Å². The molecule has 0 saturated carbocycles. The molecular weight excluding hydrogens is 503 g/mol. The number of rotatable bonds is 8. The molecule has 13 nitrogen and oxygen atoms in total. The van der Waals surface area contributed by atoms with Crippen LogP contribution < -0.4 is 15.6 Å². The van der Waals surface area contributed by atoms with Gasteiger partial charge in [-0.2, -0.15) is 4.98 Å². The summed E-state index contributed by atoms with van der Waals surface area (Å²) in [6.07, 6.45) is 4.20. The highest BCUT2D eigenvalue weighted by molar-refractivity contribution is 7.56. The van der Waals surface area contributed by atoms with Gasteiger partial charge < -0.3 is 14.4 Å². The van der Waals surface area contributed by atoms with Crippen LogP contribution in [-0.4, -0.2) is 49.0 Å². The van der Waals surface area contributed by atoms with E-state index in [1.54, 1.807) is 30.5 Å². The van der Waals surface area contributed by atoms with Gasteiger partial charge in [0.1, 0.15) is 12.0 Å². The summed E-state index contributed by atoms with van der Waals surface area (Å²) in [6.45, 7) is 3.38. The molecule has 2 atom stereocenters. The van der Waals surface area contributed by atoms with Crippen molar-refractivity contribution in [3.05, 3.63) is 52.1 Å². The lowest BCUT2D eigenvalue weighted by atomic mass is 10.1. The Labute approximate surface area is 212 Å². The van der Waals surface area contributed by atoms with Crippen LogP contribution in [0.25, 0.3) is 11.2 Å². The van der Waals surface area contributed by atoms with Crippen LogP contribution in [0.15, 0.2) is 40.8 Å². The zero-order valence-electron chi connectivity index (χ0n) is 20.7. The van der Waals surface area contributed by atoms with Gasteiger partial charge in [-0.05, 0) is 30.9 Å². The molecule has 1 aliphatic rings. The van der Waals surface area contributed by atoms with Crippen molar-refractivity contribution < 1.29 is 28.3 Å². The van der Waals surface area contributed by atoms with Gasteiger partial charge in [0.05, 0.1) is 32.3 Å². The van der Waals surface area contributed by atoms with Crippen LogP contribution in [0.2, 0.25) is 0 Å². The second-order valence-electron chi connectivity index (χ2n) is 8.85. The molecule has 4 rings (SSSR count). The fourth-order valence-electron chi connectivity index (χ4n) is 3.73. The number of amides is 1. The number of aromatic nitrogens is 5. The standard InChI is InChI=1S/C23H29N6O7P/c1-14(2)21(30)27-23-26-20-19(22(31)28-23)25-13-29(20)18-6-4-5-15(10-35-18)12-37(32,33)36-11-16-9-17(34-3)7-8-24-16/h7-9,12-14,18H,4-6,10-11H2,1-3H3,(H,32,33)(H2,26,27,28,30,31)/b15-12+/t18-/m1/s1. The van der Waals surface area contributed by atoms with E-state index in [2.05, 4.69) is 25.3 Å². The maximum atomic E-state index is 12.7. The lowest BCUT2D eigenvalue weighted by Crippen LogP contribution is -2.22. The molecule has 37 heavy (non-hydrogen) atoms. The van der Waals surface area contributed by atoms with Gasteiger partial charge in [0.15, 0.2) is 11.2 Å². The molecular formula is C23H29N6O7P.